The van der Waals surface area contributed by atoms with Crippen molar-refractivity contribution in [3.8, 4) is 0 Å². The molecule has 2 aromatic rings. The molecule has 0 aliphatic carbocycles. The summed E-state index contributed by atoms with van der Waals surface area (Å²) < 4.78 is 0. The summed E-state index contributed by atoms with van der Waals surface area (Å²) in [6.07, 6.45) is 2.01. The molecule has 5 nitrogen and oxygen atoms in total. The molecule has 102 valence electrons. The monoisotopic (exact) mass is 269 g/mol. The minimum absolute atomic E-state index is 0.200. The molecular formula is C15H15N3O2. The molecule has 2 N–H and O–H groups in total. The molecule has 0 spiro atoms. The van der Waals surface area contributed by atoms with Gasteiger partial charge in [-0.25, -0.2) is 4.79 Å². The predicted octanol–water partition coefficient (Wildman–Crippen LogP) is 1.82. The predicted molar refractivity (Wildman–Crippen MR) is 76.2 cm³/mol. The lowest BCUT2D eigenvalue weighted by atomic mass is 10.1. The first-order valence-corrected chi connectivity index (χ1v) is 6.48. The van der Waals surface area contributed by atoms with Gasteiger partial charge in [0.15, 0.2) is 0 Å². The van der Waals surface area contributed by atoms with Crippen molar-refractivity contribution in [3.63, 3.8) is 0 Å². The number of nitrogens with zero attached hydrogens (tertiary/aromatic N) is 1. The Kier molecular flexibility index (Phi) is 3.02. The Morgan fingerprint density at radius 3 is 2.85 bits per heavy atom. The summed E-state index contributed by atoms with van der Waals surface area (Å²) >= 11 is 0. The number of fused-ring (bicyclic) bond motifs is 1. The van der Waals surface area contributed by atoms with Gasteiger partial charge in [-0.3, -0.25) is 9.69 Å². The number of benzene rings is 1. The highest BCUT2D eigenvalue weighted by molar-refractivity contribution is 6.04. The molecule has 2 heterocycles. The van der Waals surface area contributed by atoms with Gasteiger partial charge in [0.2, 0.25) is 0 Å². The summed E-state index contributed by atoms with van der Waals surface area (Å²) in [6, 6.07) is 9.06. The van der Waals surface area contributed by atoms with Crippen LogP contribution in [0.4, 0.5) is 4.79 Å². The first-order valence-electron chi connectivity index (χ1n) is 6.48. The number of rotatable bonds is 4. The van der Waals surface area contributed by atoms with Crippen LogP contribution in [0.3, 0.4) is 0 Å². The van der Waals surface area contributed by atoms with Gasteiger partial charge < -0.3 is 10.3 Å². The molecule has 3 amide bonds. The number of aromatic amines is 1. The molecule has 0 radical (unpaired) electrons. The van der Waals surface area contributed by atoms with Crippen LogP contribution >= 0.6 is 0 Å². The van der Waals surface area contributed by atoms with Gasteiger partial charge in [-0.15, -0.1) is 6.58 Å². The maximum atomic E-state index is 12.1. The fourth-order valence-corrected chi connectivity index (χ4v) is 2.48. The Bertz CT molecular complexity index is 656. The summed E-state index contributed by atoms with van der Waals surface area (Å²) in [6.45, 7) is 3.79. The van der Waals surface area contributed by atoms with E-state index >= 15 is 0 Å². The zero-order chi connectivity index (χ0) is 14.1. The van der Waals surface area contributed by atoms with Gasteiger partial charge in [0.25, 0.3) is 5.91 Å². The number of carbonyl (C=O) groups is 2. The molecule has 1 saturated heterocycles. The van der Waals surface area contributed by atoms with Crippen LogP contribution in [-0.4, -0.2) is 34.4 Å². The van der Waals surface area contributed by atoms with E-state index in [0.29, 0.717) is 6.42 Å². The zero-order valence-electron chi connectivity index (χ0n) is 10.9. The van der Waals surface area contributed by atoms with E-state index in [-0.39, 0.29) is 18.5 Å². The number of hydrogen-bond acceptors (Lipinski definition) is 2. The highest BCUT2D eigenvalue weighted by Crippen LogP contribution is 2.17. The van der Waals surface area contributed by atoms with E-state index in [2.05, 4.69) is 16.9 Å². The Morgan fingerprint density at radius 2 is 2.10 bits per heavy atom. The van der Waals surface area contributed by atoms with Gasteiger partial charge in [-0.1, -0.05) is 24.3 Å². The molecule has 0 saturated carbocycles. The largest absolute Gasteiger partial charge is 0.358 e. The highest BCUT2D eigenvalue weighted by Gasteiger charge is 2.37. The van der Waals surface area contributed by atoms with Crippen molar-refractivity contribution < 1.29 is 9.59 Å². The van der Waals surface area contributed by atoms with Crippen LogP contribution in [0.1, 0.15) is 5.69 Å². The molecule has 0 bridgehead atoms. The van der Waals surface area contributed by atoms with Gasteiger partial charge in [0.05, 0.1) is 0 Å². The average molecular weight is 269 g/mol. The normalized spacial score (nSPS) is 18.6. The molecule has 1 aromatic carbocycles. The number of amides is 3. The molecule has 1 aliphatic rings. The van der Waals surface area contributed by atoms with Crippen molar-refractivity contribution in [2.45, 2.75) is 12.5 Å². The van der Waals surface area contributed by atoms with Crippen LogP contribution in [0.25, 0.3) is 10.9 Å². The van der Waals surface area contributed by atoms with Crippen LogP contribution in [0.2, 0.25) is 0 Å². The van der Waals surface area contributed by atoms with Gasteiger partial charge >= 0.3 is 6.03 Å². The van der Waals surface area contributed by atoms with Crippen molar-refractivity contribution in [3.05, 3.63) is 48.7 Å². The standard InChI is InChI=1S/C15H15N3O2/c1-2-7-18-14(19)13(17-15(18)20)9-11-8-10-5-3-4-6-12(10)16-11/h2-6,8,13,16H,1,7,9H2,(H,17,20). The van der Waals surface area contributed by atoms with Gasteiger partial charge in [0, 0.05) is 24.2 Å². The average Bonchev–Trinajstić information content (AvgIpc) is 2.95. The lowest BCUT2D eigenvalue weighted by Crippen LogP contribution is -2.32. The molecule has 1 aliphatic heterocycles. The second-order valence-electron chi connectivity index (χ2n) is 4.83. The summed E-state index contributed by atoms with van der Waals surface area (Å²) in [4.78, 5) is 28.2. The lowest BCUT2D eigenvalue weighted by molar-refractivity contribution is -0.127. The second-order valence-corrected chi connectivity index (χ2v) is 4.83. The van der Waals surface area contributed by atoms with E-state index in [1.807, 2.05) is 30.3 Å². The van der Waals surface area contributed by atoms with Crippen molar-refractivity contribution >= 4 is 22.8 Å². The molecule has 5 heteroatoms. The van der Waals surface area contributed by atoms with Gasteiger partial charge in [0.1, 0.15) is 6.04 Å². The third-order valence-electron chi connectivity index (χ3n) is 3.43. The first kappa shape index (κ1) is 12.5. The van der Waals surface area contributed by atoms with E-state index in [1.54, 1.807) is 6.08 Å². The summed E-state index contributed by atoms with van der Waals surface area (Å²) in [7, 11) is 0. The Morgan fingerprint density at radius 1 is 1.30 bits per heavy atom. The third-order valence-corrected chi connectivity index (χ3v) is 3.43. The van der Waals surface area contributed by atoms with Crippen LogP contribution in [0.5, 0.6) is 0 Å². The topological polar surface area (TPSA) is 65.2 Å². The zero-order valence-corrected chi connectivity index (χ0v) is 10.9. The molecule has 1 aromatic heterocycles. The fraction of sp³-hybridized carbons (Fsp3) is 0.200. The first-order chi connectivity index (χ1) is 9.69. The van der Waals surface area contributed by atoms with Crippen molar-refractivity contribution in [1.82, 2.24) is 15.2 Å². The maximum absolute atomic E-state index is 12.1. The van der Waals surface area contributed by atoms with Crippen molar-refractivity contribution in [2.24, 2.45) is 0 Å². The fourth-order valence-electron chi connectivity index (χ4n) is 2.48. The van der Waals surface area contributed by atoms with Crippen LogP contribution in [0, 0.1) is 0 Å². The second kappa shape index (κ2) is 4.85. The minimum Gasteiger partial charge on any atom is -0.358 e. The molecule has 3 rings (SSSR count). The smallest absolute Gasteiger partial charge is 0.325 e. The number of urea groups is 1. The summed E-state index contributed by atoms with van der Waals surface area (Å²) in [5, 5.41) is 3.80. The third kappa shape index (κ3) is 2.07. The Labute approximate surface area is 116 Å². The quantitative estimate of drug-likeness (QED) is 0.657. The highest BCUT2D eigenvalue weighted by atomic mass is 16.2. The number of imide groups is 1. The van der Waals surface area contributed by atoms with E-state index < -0.39 is 6.04 Å². The number of nitrogens with one attached hydrogen (secondary N) is 2. The molecule has 20 heavy (non-hydrogen) atoms. The number of aromatic nitrogens is 1. The lowest BCUT2D eigenvalue weighted by Gasteiger charge is -2.09. The Hall–Kier alpha value is -2.56. The van der Waals surface area contributed by atoms with E-state index in [1.165, 1.54) is 4.90 Å². The Balaban J connectivity index is 1.79. The van der Waals surface area contributed by atoms with E-state index in [4.69, 9.17) is 0 Å². The number of H-pyrrole nitrogens is 1. The maximum Gasteiger partial charge on any atom is 0.325 e. The van der Waals surface area contributed by atoms with Crippen molar-refractivity contribution in [2.75, 3.05) is 6.54 Å². The van der Waals surface area contributed by atoms with Gasteiger partial charge in [-0.05, 0) is 17.5 Å². The number of hydrogen-bond donors (Lipinski definition) is 2. The van der Waals surface area contributed by atoms with E-state index in [9.17, 15) is 9.59 Å². The van der Waals surface area contributed by atoms with Crippen LogP contribution < -0.4 is 5.32 Å². The van der Waals surface area contributed by atoms with Crippen LogP contribution in [-0.2, 0) is 11.2 Å². The molecule has 1 fully saturated rings. The molecular weight excluding hydrogens is 254 g/mol. The minimum atomic E-state index is -0.504. The SMILES string of the molecule is C=CCN1C(=O)NC(Cc2cc3ccccc3[nH]2)C1=O. The summed E-state index contributed by atoms with van der Waals surface area (Å²) in [5.74, 6) is -0.200. The molecule has 1 atom stereocenters. The molecule has 1 unspecified atom stereocenters. The van der Waals surface area contributed by atoms with E-state index in [0.717, 1.165) is 16.6 Å². The van der Waals surface area contributed by atoms with Crippen LogP contribution in [0.15, 0.2) is 43.0 Å². The summed E-state index contributed by atoms with van der Waals surface area (Å²) in [5.41, 5.74) is 1.97. The number of para-hydroxylation sites is 1. The van der Waals surface area contributed by atoms with Gasteiger partial charge in [-0.2, -0.15) is 0 Å². The van der Waals surface area contributed by atoms with Crippen molar-refractivity contribution in [1.29, 1.82) is 0 Å². The number of carbonyl (C=O) groups excluding carboxylic acids is 2.